The molecule has 0 fully saturated rings. The number of nitrogens with one attached hydrogen (secondary N) is 2. The number of methoxy groups -OCH3 is 1. The molecule has 9 heteroatoms. The Balaban J connectivity index is 2.34. The van der Waals surface area contributed by atoms with Gasteiger partial charge in [-0.2, -0.15) is 0 Å². The van der Waals surface area contributed by atoms with Crippen molar-refractivity contribution in [1.29, 1.82) is 0 Å². The molecule has 2 rings (SSSR count). The maximum absolute atomic E-state index is 12.9. The van der Waals surface area contributed by atoms with E-state index in [0.717, 1.165) is 0 Å². The average molecular weight is 435 g/mol. The highest BCUT2D eigenvalue weighted by molar-refractivity contribution is 7.92. The molecular formula is C21H26N2O6S. The Kier molecular flexibility index (Phi) is 8.23. The fourth-order valence-electron chi connectivity index (χ4n) is 2.87. The van der Waals surface area contributed by atoms with E-state index in [9.17, 15) is 18.0 Å². The van der Waals surface area contributed by atoms with Crippen molar-refractivity contribution in [2.75, 3.05) is 36.1 Å². The van der Waals surface area contributed by atoms with Gasteiger partial charge in [-0.05, 0) is 37.6 Å². The van der Waals surface area contributed by atoms with Gasteiger partial charge in [-0.15, -0.1) is 0 Å². The monoisotopic (exact) mass is 434 g/mol. The summed E-state index contributed by atoms with van der Waals surface area (Å²) in [5, 5.41) is 3.05. The number of sulfonamides is 1. The van der Waals surface area contributed by atoms with Crippen LogP contribution in [-0.2, 0) is 24.3 Å². The number of ether oxygens (including phenoxy) is 2. The van der Waals surface area contributed by atoms with Crippen LogP contribution in [0.2, 0.25) is 0 Å². The molecule has 0 saturated heterocycles. The molecule has 0 heterocycles. The second-order valence-electron chi connectivity index (χ2n) is 6.38. The van der Waals surface area contributed by atoms with E-state index in [4.69, 9.17) is 9.47 Å². The number of carbonyl (C=O) groups excluding carboxylic acids is 2. The zero-order valence-corrected chi connectivity index (χ0v) is 18.0. The second-order valence-corrected chi connectivity index (χ2v) is 8.15. The average Bonchev–Trinajstić information content (AvgIpc) is 2.73. The normalized spacial score (nSPS) is 12.0. The third-order valence-electron chi connectivity index (χ3n) is 4.24. The summed E-state index contributed by atoms with van der Waals surface area (Å²) in [6.45, 7) is 4.29. The first-order valence-corrected chi connectivity index (χ1v) is 11.1. The standard InChI is InChI=1S/C21H26N2O6S/c1-4-22-18-12-11-16(20(24)29-5-2)13-19(18)23-30(26,27)14-17(21(25)28-3)15-9-7-6-8-10-15/h6-13,17,22-23H,4-5,14H2,1-3H3/t17-/m0/s1. The van der Waals surface area contributed by atoms with Crippen molar-refractivity contribution in [2.24, 2.45) is 0 Å². The molecule has 0 aliphatic heterocycles. The molecule has 0 bridgehead atoms. The topological polar surface area (TPSA) is 111 Å². The lowest BCUT2D eigenvalue weighted by Crippen LogP contribution is -2.27. The van der Waals surface area contributed by atoms with Crippen LogP contribution in [0.15, 0.2) is 48.5 Å². The van der Waals surface area contributed by atoms with Gasteiger partial charge in [0.15, 0.2) is 0 Å². The number of anilines is 2. The third kappa shape index (κ3) is 6.21. The van der Waals surface area contributed by atoms with E-state index in [1.54, 1.807) is 49.4 Å². The van der Waals surface area contributed by atoms with Crippen LogP contribution in [0.4, 0.5) is 11.4 Å². The first-order valence-electron chi connectivity index (χ1n) is 9.49. The molecular weight excluding hydrogens is 408 g/mol. The minimum atomic E-state index is -3.98. The molecule has 0 aliphatic carbocycles. The number of rotatable bonds is 10. The Hall–Kier alpha value is -3.07. The van der Waals surface area contributed by atoms with Gasteiger partial charge in [-0.25, -0.2) is 13.2 Å². The van der Waals surface area contributed by atoms with Gasteiger partial charge in [-0.1, -0.05) is 30.3 Å². The SMILES string of the molecule is CCNc1ccc(C(=O)OCC)cc1NS(=O)(=O)C[C@H](C(=O)OC)c1ccccc1. The molecule has 8 nitrogen and oxygen atoms in total. The minimum absolute atomic E-state index is 0.194. The van der Waals surface area contributed by atoms with Crippen LogP contribution in [0.5, 0.6) is 0 Å². The molecule has 0 aliphatic rings. The summed E-state index contributed by atoms with van der Waals surface area (Å²) in [6.07, 6.45) is 0. The molecule has 0 saturated carbocycles. The highest BCUT2D eigenvalue weighted by Gasteiger charge is 2.28. The Bertz CT molecular complexity index is 976. The van der Waals surface area contributed by atoms with Crippen LogP contribution in [0, 0.1) is 0 Å². The maximum Gasteiger partial charge on any atom is 0.338 e. The van der Waals surface area contributed by atoms with Crippen molar-refractivity contribution in [3.05, 3.63) is 59.7 Å². The summed E-state index contributed by atoms with van der Waals surface area (Å²) < 4.78 is 38.1. The predicted octanol–water partition coefficient (Wildman–Crippen LogP) is 2.99. The number of carbonyl (C=O) groups is 2. The summed E-state index contributed by atoms with van der Waals surface area (Å²) >= 11 is 0. The fourth-order valence-corrected chi connectivity index (χ4v) is 4.23. The summed E-state index contributed by atoms with van der Waals surface area (Å²) in [4.78, 5) is 24.3. The van der Waals surface area contributed by atoms with Gasteiger partial charge in [0.05, 0.1) is 42.3 Å². The summed E-state index contributed by atoms with van der Waals surface area (Å²) in [5.41, 5.74) is 1.44. The van der Waals surface area contributed by atoms with Gasteiger partial charge in [0, 0.05) is 6.54 Å². The molecule has 2 aromatic rings. The van der Waals surface area contributed by atoms with Crippen molar-refractivity contribution in [3.8, 4) is 0 Å². The number of hydrogen-bond acceptors (Lipinski definition) is 7. The van der Waals surface area contributed by atoms with Gasteiger partial charge in [-0.3, -0.25) is 9.52 Å². The summed E-state index contributed by atoms with van der Waals surface area (Å²) in [6, 6.07) is 13.1. The lowest BCUT2D eigenvalue weighted by atomic mass is 10.0. The maximum atomic E-state index is 12.9. The molecule has 0 amide bonds. The molecule has 2 N–H and O–H groups in total. The number of hydrogen-bond donors (Lipinski definition) is 2. The van der Waals surface area contributed by atoms with Gasteiger partial charge in [0.25, 0.3) is 0 Å². The first kappa shape index (κ1) is 23.2. The van der Waals surface area contributed by atoms with Crippen LogP contribution in [0.3, 0.4) is 0 Å². The van der Waals surface area contributed by atoms with E-state index in [1.165, 1.54) is 13.2 Å². The molecule has 30 heavy (non-hydrogen) atoms. The summed E-state index contributed by atoms with van der Waals surface area (Å²) in [7, 11) is -2.76. The third-order valence-corrected chi connectivity index (χ3v) is 5.54. The number of benzene rings is 2. The lowest BCUT2D eigenvalue weighted by Gasteiger charge is -2.18. The van der Waals surface area contributed by atoms with Crippen molar-refractivity contribution in [1.82, 2.24) is 0 Å². The molecule has 1 atom stereocenters. The van der Waals surface area contributed by atoms with E-state index in [0.29, 0.717) is 17.8 Å². The Morgan fingerprint density at radius 2 is 1.73 bits per heavy atom. The smallest absolute Gasteiger partial charge is 0.338 e. The summed E-state index contributed by atoms with van der Waals surface area (Å²) in [5.74, 6) is -2.72. The van der Waals surface area contributed by atoms with E-state index in [2.05, 4.69) is 10.0 Å². The van der Waals surface area contributed by atoms with Gasteiger partial charge in [0.2, 0.25) is 10.0 Å². The van der Waals surface area contributed by atoms with E-state index in [1.807, 2.05) is 6.92 Å². The molecule has 0 aromatic heterocycles. The van der Waals surface area contributed by atoms with Gasteiger partial charge < -0.3 is 14.8 Å². The van der Waals surface area contributed by atoms with Crippen LogP contribution in [0.25, 0.3) is 0 Å². The van der Waals surface area contributed by atoms with Gasteiger partial charge in [0.1, 0.15) is 0 Å². The second kappa shape index (κ2) is 10.6. The minimum Gasteiger partial charge on any atom is -0.469 e. The zero-order valence-electron chi connectivity index (χ0n) is 17.2. The molecule has 0 radical (unpaired) electrons. The largest absolute Gasteiger partial charge is 0.469 e. The van der Waals surface area contributed by atoms with Crippen LogP contribution >= 0.6 is 0 Å². The zero-order chi connectivity index (χ0) is 22.1. The molecule has 162 valence electrons. The van der Waals surface area contributed by atoms with Crippen molar-refractivity contribution < 1.29 is 27.5 Å². The molecule has 0 unspecified atom stereocenters. The Morgan fingerprint density at radius 1 is 1.03 bits per heavy atom. The van der Waals surface area contributed by atoms with Crippen LogP contribution in [0.1, 0.15) is 35.7 Å². The van der Waals surface area contributed by atoms with Crippen molar-refractivity contribution >= 4 is 33.3 Å². The van der Waals surface area contributed by atoms with Crippen LogP contribution < -0.4 is 10.0 Å². The van der Waals surface area contributed by atoms with E-state index in [-0.39, 0.29) is 17.9 Å². The van der Waals surface area contributed by atoms with Crippen molar-refractivity contribution in [3.63, 3.8) is 0 Å². The molecule has 0 spiro atoms. The van der Waals surface area contributed by atoms with Crippen LogP contribution in [-0.4, -0.2) is 46.4 Å². The van der Waals surface area contributed by atoms with Gasteiger partial charge >= 0.3 is 11.9 Å². The quantitative estimate of drug-likeness (QED) is 0.553. The number of esters is 2. The highest BCUT2D eigenvalue weighted by atomic mass is 32.2. The van der Waals surface area contributed by atoms with E-state index >= 15 is 0 Å². The first-order chi connectivity index (χ1) is 14.3. The predicted molar refractivity (Wildman–Crippen MR) is 115 cm³/mol. The van der Waals surface area contributed by atoms with Crippen molar-refractivity contribution in [2.45, 2.75) is 19.8 Å². The Morgan fingerprint density at radius 3 is 2.33 bits per heavy atom. The Labute approximate surface area is 176 Å². The highest BCUT2D eigenvalue weighted by Crippen LogP contribution is 2.27. The molecule has 2 aromatic carbocycles. The lowest BCUT2D eigenvalue weighted by molar-refractivity contribution is -0.141. The van der Waals surface area contributed by atoms with E-state index < -0.39 is 33.6 Å². The fraction of sp³-hybridized carbons (Fsp3) is 0.333.